The predicted octanol–water partition coefficient (Wildman–Crippen LogP) is 1.75. The van der Waals surface area contributed by atoms with Crippen molar-refractivity contribution in [3.8, 4) is 0 Å². The minimum atomic E-state index is -0.831. The van der Waals surface area contributed by atoms with E-state index in [-0.39, 0.29) is 18.4 Å². The second kappa shape index (κ2) is 10.2. The van der Waals surface area contributed by atoms with Gasteiger partial charge in [0.15, 0.2) is 0 Å². The number of benzene rings is 1. The minimum absolute atomic E-state index is 0.00128. The molecule has 0 aromatic heterocycles. The van der Waals surface area contributed by atoms with Crippen LogP contribution < -0.4 is 5.32 Å². The van der Waals surface area contributed by atoms with Gasteiger partial charge in [0.25, 0.3) is 0 Å². The van der Waals surface area contributed by atoms with E-state index in [1.807, 2.05) is 37.3 Å². The molecule has 1 heterocycles. The van der Waals surface area contributed by atoms with Gasteiger partial charge in [0.05, 0.1) is 12.5 Å². The van der Waals surface area contributed by atoms with E-state index in [0.717, 1.165) is 31.5 Å². The van der Waals surface area contributed by atoms with Gasteiger partial charge < -0.3 is 20.1 Å². The van der Waals surface area contributed by atoms with Crippen molar-refractivity contribution < 1.29 is 19.4 Å². The number of carbonyl (C=O) groups excluding carboxylic acids is 1. The molecular weight excluding hydrogens is 320 g/mol. The third-order valence-electron chi connectivity index (χ3n) is 4.47. The zero-order chi connectivity index (χ0) is 18.1. The maximum absolute atomic E-state index is 12.2. The van der Waals surface area contributed by atoms with Crippen LogP contribution in [-0.2, 0) is 20.9 Å². The van der Waals surface area contributed by atoms with E-state index in [4.69, 9.17) is 9.84 Å². The highest BCUT2D eigenvalue weighted by atomic mass is 16.5. The normalized spacial score (nSPS) is 19.3. The molecule has 2 rings (SSSR count). The monoisotopic (exact) mass is 348 g/mol. The summed E-state index contributed by atoms with van der Waals surface area (Å²) < 4.78 is 5.41. The van der Waals surface area contributed by atoms with Gasteiger partial charge in [-0.25, -0.2) is 0 Å². The molecule has 2 N–H and O–H groups in total. The Morgan fingerprint density at radius 3 is 2.84 bits per heavy atom. The highest BCUT2D eigenvalue weighted by Gasteiger charge is 2.24. The molecule has 1 aromatic carbocycles. The van der Waals surface area contributed by atoms with E-state index in [9.17, 15) is 9.59 Å². The minimum Gasteiger partial charge on any atom is -0.480 e. The van der Waals surface area contributed by atoms with Crippen molar-refractivity contribution in [2.45, 2.75) is 26.4 Å². The second-order valence-corrected chi connectivity index (χ2v) is 6.79. The zero-order valence-electron chi connectivity index (χ0n) is 14.8. The van der Waals surface area contributed by atoms with Crippen LogP contribution in [0.25, 0.3) is 0 Å². The van der Waals surface area contributed by atoms with Crippen molar-refractivity contribution in [1.29, 1.82) is 0 Å². The van der Waals surface area contributed by atoms with E-state index < -0.39 is 5.97 Å². The van der Waals surface area contributed by atoms with Gasteiger partial charge in [0, 0.05) is 13.1 Å². The molecule has 25 heavy (non-hydrogen) atoms. The van der Waals surface area contributed by atoms with E-state index in [1.54, 1.807) is 0 Å². The molecule has 2 unspecified atom stereocenters. The molecule has 0 saturated carbocycles. The Labute approximate surface area is 149 Å². The summed E-state index contributed by atoms with van der Waals surface area (Å²) in [5.74, 6) is -0.743. The standard InChI is InChI=1S/C19H28N2O4/c1-15(19(24)25-14-16-6-3-2-4-7-16)12-21-9-5-8-17(13-21)10-20-11-18(22)23/h2-4,6-7,15,17,20H,5,8-14H2,1H3,(H,22,23). The maximum atomic E-state index is 12.2. The van der Waals surface area contributed by atoms with Crippen LogP contribution in [0.3, 0.4) is 0 Å². The Hall–Kier alpha value is -1.92. The number of likely N-dealkylation sites (tertiary alicyclic amines) is 1. The number of piperidine rings is 1. The predicted molar refractivity (Wildman–Crippen MR) is 95.1 cm³/mol. The number of carbonyl (C=O) groups is 2. The summed E-state index contributed by atoms with van der Waals surface area (Å²) in [7, 11) is 0. The fourth-order valence-corrected chi connectivity index (χ4v) is 3.20. The second-order valence-electron chi connectivity index (χ2n) is 6.79. The smallest absolute Gasteiger partial charge is 0.317 e. The Morgan fingerprint density at radius 1 is 1.36 bits per heavy atom. The summed E-state index contributed by atoms with van der Waals surface area (Å²) in [6, 6.07) is 9.68. The summed E-state index contributed by atoms with van der Waals surface area (Å²) in [6.45, 7) is 5.47. The van der Waals surface area contributed by atoms with Gasteiger partial charge in [-0.05, 0) is 37.4 Å². The number of carboxylic acid groups (broad SMARTS) is 1. The van der Waals surface area contributed by atoms with Crippen molar-refractivity contribution in [3.63, 3.8) is 0 Å². The number of rotatable bonds is 9. The highest BCUT2D eigenvalue weighted by molar-refractivity contribution is 5.72. The Kier molecular flexibility index (Phi) is 7.88. The number of carboxylic acids is 1. The summed E-state index contributed by atoms with van der Waals surface area (Å²) in [4.78, 5) is 25.0. The third-order valence-corrected chi connectivity index (χ3v) is 4.47. The molecular formula is C19H28N2O4. The molecule has 0 spiro atoms. The summed E-state index contributed by atoms with van der Waals surface area (Å²) >= 11 is 0. The summed E-state index contributed by atoms with van der Waals surface area (Å²) in [5, 5.41) is 11.7. The Balaban J connectivity index is 1.70. The van der Waals surface area contributed by atoms with Crippen LogP contribution in [0.5, 0.6) is 0 Å². The van der Waals surface area contributed by atoms with E-state index in [2.05, 4.69) is 10.2 Å². The van der Waals surface area contributed by atoms with Gasteiger partial charge in [-0.15, -0.1) is 0 Å². The molecule has 1 aliphatic rings. The quantitative estimate of drug-likeness (QED) is 0.662. The SMILES string of the molecule is CC(CN1CCCC(CNCC(=O)O)C1)C(=O)OCc1ccccc1. The largest absolute Gasteiger partial charge is 0.480 e. The zero-order valence-corrected chi connectivity index (χ0v) is 14.8. The average Bonchev–Trinajstić information content (AvgIpc) is 2.60. The first-order valence-corrected chi connectivity index (χ1v) is 8.90. The van der Waals surface area contributed by atoms with Crippen molar-refractivity contribution in [2.75, 3.05) is 32.7 Å². The lowest BCUT2D eigenvalue weighted by Crippen LogP contribution is -2.43. The van der Waals surface area contributed by atoms with Gasteiger partial charge in [-0.3, -0.25) is 9.59 Å². The van der Waals surface area contributed by atoms with Gasteiger partial charge in [0.2, 0.25) is 0 Å². The van der Waals surface area contributed by atoms with Crippen LogP contribution in [0, 0.1) is 11.8 Å². The fourth-order valence-electron chi connectivity index (χ4n) is 3.20. The lowest BCUT2D eigenvalue weighted by molar-refractivity contribution is -0.150. The number of esters is 1. The first kappa shape index (κ1) is 19.4. The summed E-state index contributed by atoms with van der Waals surface area (Å²) in [6.07, 6.45) is 2.17. The van der Waals surface area contributed by atoms with E-state index in [0.29, 0.717) is 25.6 Å². The average molecular weight is 348 g/mol. The van der Waals surface area contributed by atoms with Crippen LogP contribution in [0.4, 0.5) is 0 Å². The van der Waals surface area contributed by atoms with Gasteiger partial charge in [-0.1, -0.05) is 37.3 Å². The number of nitrogens with zero attached hydrogens (tertiary/aromatic N) is 1. The van der Waals surface area contributed by atoms with Gasteiger partial charge >= 0.3 is 11.9 Å². The van der Waals surface area contributed by atoms with Crippen molar-refractivity contribution in [2.24, 2.45) is 11.8 Å². The van der Waals surface area contributed by atoms with Crippen LogP contribution in [0.15, 0.2) is 30.3 Å². The molecule has 138 valence electrons. The van der Waals surface area contributed by atoms with E-state index >= 15 is 0 Å². The highest BCUT2D eigenvalue weighted by Crippen LogP contribution is 2.17. The molecule has 6 heteroatoms. The molecule has 0 bridgehead atoms. The van der Waals surface area contributed by atoms with Crippen LogP contribution in [0.2, 0.25) is 0 Å². The third kappa shape index (κ3) is 7.23. The maximum Gasteiger partial charge on any atom is 0.317 e. The topological polar surface area (TPSA) is 78.9 Å². The molecule has 0 aliphatic carbocycles. The first-order valence-electron chi connectivity index (χ1n) is 8.90. The lowest BCUT2D eigenvalue weighted by Gasteiger charge is -2.34. The lowest BCUT2D eigenvalue weighted by atomic mass is 9.97. The Bertz CT molecular complexity index is 550. The molecule has 1 aromatic rings. The number of aliphatic carboxylic acids is 1. The number of hydrogen-bond donors (Lipinski definition) is 2. The summed E-state index contributed by atoms with van der Waals surface area (Å²) in [5.41, 5.74) is 0.991. The number of hydrogen-bond acceptors (Lipinski definition) is 5. The van der Waals surface area contributed by atoms with Gasteiger partial charge in [0.1, 0.15) is 6.61 Å². The van der Waals surface area contributed by atoms with Crippen LogP contribution >= 0.6 is 0 Å². The van der Waals surface area contributed by atoms with Crippen molar-refractivity contribution in [1.82, 2.24) is 10.2 Å². The molecule has 0 radical (unpaired) electrons. The van der Waals surface area contributed by atoms with Crippen molar-refractivity contribution >= 4 is 11.9 Å². The molecule has 0 amide bonds. The molecule has 1 fully saturated rings. The fraction of sp³-hybridized carbons (Fsp3) is 0.579. The van der Waals surface area contributed by atoms with Gasteiger partial charge in [-0.2, -0.15) is 0 Å². The first-order chi connectivity index (χ1) is 12.0. The number of nitrogens with one attached hydrogen (secondary N) is 1. The van der Waals surface area contributed by atoms with Crippen LogP contribution in [-0.4, -0.2) is 54.7 Å². The number of ether oxygens (including phenoxy) is 1. The van der Waals surface area contributed by atoms with Crippen LogP contribution in [0.1, 0.15) is 25.3 Å². The molecule has 1 saturated heterocycles. The molecule has 1 aliphatic heterocycles. The van der Waals surface area contributed by atoms with Crippen molar-refractivity contribution in [3.05, 3.63) is 35.9 Å². The van der Waals surface area contributed by atoms with E-state index in [1.165, 1.54) is 0 Å². The molecule has 2 atom stereocenters. The molecule has 6 nitrogen and oxygen atoms in total. The Morgan fingerprint density at radius 2 is 2.12 bits per heavy atom.